The van der Waals surface area contributed by atoms with Crippen molar-refractivity contribution >= 4 is 22.6 Å². The molecular formula is C28H33FO3S. The molecule has 33 heavy (non-hydrogen) atoms. The third kappa shape index (κ3) is 3.95. The summed E-state index contributed by atoms with van der Waals surface area (Å²) >= 11 is 0.361. The SMILES string of the molecule is C=C1c2ccc3c(c2C[C@@H]2COc4cc(OC)c(OC)cc4[C@H]12)C(SF)=CC(C)(C)C3.CC. The third-order valence-electron chi connectivity index (χ3n) is 6.86. The molecule has 0 amide bonds. The summed E-state index contributed by atoms with van der Waals surface area (Å²) in [5.41, 5.74) is 6.75. The number of methoxy groups -OCH3 is 2. The van der Waals surface area contributed by atoms with Crippen LogP contribution < -0.4 is 14.2 Å². The standard InChI is InChI=1S/C26H27FO3S.C2H6/c1-14-17-7-6-15-11-26(2,3)12-23(31-27)25(15)18(17)8-16-13-30-20-10-22(29-5)21(28-4)9-19(20)24(14)16;1-2/h6-7,9-10,12,16,24H,1,8,11,13H2,2-5H3;1-2H3/t16-,24-;/m1./s1. The molecule has 0 aromatic heterocycles. The van der Waals surface area contributed by atoms with Gasteiger partial charge in [0.25, 0.3) is 0 Å². The molecule has 1 heterocycles. The monoisotopic (exact) mass is 468 g/mol. The van der Waals surface area contributed by atoms with Crippen LogP contribution in [0.5, 0.6) is 17.2 Å². The second-order valence-corrected chi connectivity index (χ2v) is 9.99. The van der Waals surface area contributed by atoms with E-state index in [0.717, 1.165) is 45.8 Å². The van der Waals surface area contributed by atoms with E-state index in [0.29, 0.717) is 30.3 Å². The van der Waals surface area contributed by atoms with E-state index < -0.39 is 0 Å². The molecule has 0 N–H and O–H groups in total. The quantitative estimate of drug-likeness (QED) is 0.463. The molecule has 2 atom stereocenters. The second kappa shape index (κ2) is 9.09. The van der Waals surface area contributed by atoms with Gasteiger partial charge in [0.1, 0.15) is 5.75 Å². The zero-order valence-electron chi connectivity index (χ0n) is 20.4. The Hall–Kier alpha value is -2.40. The van der Waals surface area contributed by atoms with E-state index in [4.69, 9.17) is 14.2 Å². The fourth-order valence-corrected chi connectivity index (χ4v) is 6.26. The number of ether oxygens (including phenoxy) is 3. The van der Waals surface area contributed by atoms with Gasteiger partial charge in [0.05, 0.1) is 33.0 Å². The summed E-state index contributed by atoms with van der Waals surface area (Å²) in [5.74, 6) is 2.56. The first-order chi connectivity index (χ1) is 15.9. The summed E-state index contributed by atoms with van der Waals surface area (Å²) in [6.45, 7) is 13.4. The van der Waals surface area contributed by atoms with Gasteiger partial charge in [-0.2, -0.15) is 3.89 Å². The number of allylic oxidation sites excluding steroid dienone is 2. The molecule has 5 rings (SSSR count). The topological polar surface area (TPSA) is 27.7 Å². The van der Waals surface area contributed by atoms with Crippen LogP contribution in [0.4, 0.5) is 3.89 Å². The molecule has 5 heteroatoms. The van der Waals surface area contributed by atoms with Crippen molar-refractivity contribution in [3.63, 3.8) is 0 Å². The van der Waals surface area contributed by atoms with Crippen LogP contribution in [-0.2, 0) is 12.8 Å². The zero-order chi connectivity index (χ0) is 23.9. The van der Waals surface area contributed by atoms with Crippen molar-refractivity contribution in [2.24, 2.45) is 11.3 Å². The molecule has 2 aromatic carbocycles. The molecule has 0 spiro atoms. The summed E-state index contributed by atoms with van der Waals surface area (Å²) in [7, 11) is 3.27. The Bertz CT molecular complexity index is 1120. The van der Waals surface area contributed by atoms with Gasteiger partial charge in [0.2, 0.25) is 0 Å². The van der Waals surface area contributed by atoms with Crippen LogP contribution >= 0.6 is 12.1 Å². The minimum atomic E-state index is -0.0492. The van der Waals surface area contributed by atoms with Gasteiger partial charge in [-0.25, -0.2) is 0 Å². The van der Waals surface area contributed by atoms with Gasteiger partial charge in [0, 0.05) is 28.4 Å². The van der Waals surface area contributed by atoms with Crippen LogP contribution in [0.3, 0.4) is 0 Å². The van der Waals surface area contributed by atoms with E-state index in [1.165, 1.54) is 11.1 Å². The number of benzene rings is 2. The molecule has 176 valence electrons. The lowest BCUT2D eigenvalue weighted by Gasteiger charge is -2.41. The third-order valence-corrected chi connectivity index (χ3v) is 7.35. The van der Waals surface area contributed by atoms with E-state index in [1.54, 1.807) is 14.2 Å². The Morgan fingerprint density at radius 3 is 2.48 bits per heavy atom. The molecule has 0 saturated carbocycles. The molecule has 2 aromatic rings. The Kier molecular flexibility index (Phi) is 6.54. The number of rotatable bonds is 3. The fraction of sp³-hybridized carbons (Fsp3) is 0.429. The highest BCUT2D eigenvalue weighted by atomic mass is 32.2. The molecule has 0 bridgehead atoms. The average molecular weight is 469 g/mol. The minimum absolute atomic E-state index is 0.0492. The average Bonchev–Trinajstić information content (AvgIpc) is 2.82. The number of halogens is 1. The largest absolute Gasteiger partial charge is 0.493 e. The molecule has 0 fully saturated rings. The number of hydrogen-bond acceptors (Lipinski definition) is 4. The van der Waals surface area contributed by atoms with Crippen LogP contribution in [0.25, 0.3) is 10.5 Å². The van der Waals surface area contributed by atoms with Crippen molar-refractivity contribution in [3.8, 4) is 17.2 Å². The van der Waals surface area contributed by atoms with Gasteiger partial charge >= 0.3 is 0 Å². The maximum absolute atomic E-state index is 14.0. The first kappa shape index (κ1) is 23.7. The number of fused-ring (bicyclic) bond motifs is 6. The molecule has 0 unspecified atom stereocenters. The molecule has 0 radical (unpaired) electrons. The van der Waals surface area contributed by atoms with E-state index in [2.05, 4.69) is 38.6 Å². The highest BCUT2D eigenvalue weighted by Crippen LogP contribution is 2.54. The minimum Gasteiger partial charge on any atom is -0.493 e. The summed E-state index contributed by atoms with van der Waals surface area (Å²) in [6, 6.07) is 8.28. The van der Waals surface area contributed by atoms with Crippen LogP contribution in [0.2, 0.25) is 0 Å². The predicted molar refractivity (Wildman–Crippen MR) is 136 cm³/mol. The Morgan fingerprint density at radius 2 is 1.82 bits per heavy atom. The maximum atomic E-state index is 14.0. The van der Waals surface area contributed by atoms with Gasteiger partial charge in [0.15, 0.2) is 11.5 Å². The predicted octanol–water partition coefficient (Wildman–Crippen LogP) is 7.63. The van der Waals surface area contributed by atoms with Gasteiger partial charge in [-0.05, 0) is 52.1 Å². The maximum Gasteiger partial charge on any atom is 0.164 e. The van der Waals surface area contributed by atoms with Gasteiger partial charge in [-0.15, -0.1) is 0 Å². The van der Waals surface area contributed by atoms with Gasteiger partial charge in [-0.3, -0.25) is 0 Å². The van der Waals surface area contributed by atoms with Gasteiger partial charge in [-0.1, -0.05) is 52.5 Å². The zero-order valence-corrected chi connectivity index (χ0v) is 21.2. The van der Waals surface area contributed by atoms with E-state index in [9.17, 15) is 3.89 Å². The van der Waals surface area contributed by atoms with Crippen molar-refractivity contribution in [1.82, 2.24) is 0 Å². The Morgan fingerprint density at radius 1 is 1.12 bits per heavy atom. The van der Waals surface area contributed by atoms with Crippen molar-refractivity contribution in [3.05, 3.63) is 64.7 Å². The van der Waals surface area contributed by atoms with E-state index in [1.807, 2.05) is 26.0 Å². The van der Waals surface area contributed by atoms with Crippen LogP contribution in [0, 0.1) is 11.3 Å². The summed E-state index contributed by atoms with van der Waals surface area (Å²) < 4.78 is 31.2. The smallest absolute Gasteiger partial charge is 0.164 e. The van der Waals surface area contributed by atoms with Crippen molar-refractivity contribution in [1.29, 1.82) is 0 Å². The summed E-state index contributed by atoms with van der Waals surface area (Å²) in [5, 5.41) is 0. The molecule has 3 nitrogen and oxygen atoms in total. The van der Waals surface area contributed by atoms with Crippen LogP contribution in [0.1, 0.15) is 61.4 Å². The van der Waals surface area contributed by atoms with Crippen LogP contribution in [-0.4, -0.2) is 20.8 Å². The first-order valence-corrected chi connectivity index (χ1v) is 12.3. The van der Waals surface area contributed by atoms with E-state index in [-0.39, 0.29) is 17.3 Å². The first-order valence-electron chi connectivity index (χ1n) is 11.6. The van der Waals surface area contributed by atoms with Crippen molar-refractivity contribution in [2.75, 3.05) is 20.8 Å². The van der Waals surface area contributed by atoms with Crippen LogP contribution in [0.15, 0.2) is 36.9 Å². The molecule has 0 saturated heterocycles. The fourth-order valence-electron chi connectivity index (χ4n) is 5.56. The van der Waals surface area contributed by atoms with Crippen molar-refractivity contribution < 1.29 is 18.1 Å². The lowest BCUT2D eigenvalue weighted by molar-refractivity contribution is 0.205. The second-order valence-electron chi connectivity index (χ2n) is 9.40. The Labute approximate surface area is 201 Å². The molecule has 2 aliphatic carbocycles. The highest BCUT2D eigenvalue weighted by Gasteiger charge is 2.41. The van der Waals surface area contributed by atoms with Crippen molar-refractivity contribution in [2.45, 2.75) is 46.5 Å². The molecule has 1 aliphatic heterocycles. The van der Waals surface area contributed by atoms with Gasteiger partial charge < -0.3 is 14.2 Å². The lowest BCUT2D eigenvalue weighted by atomic mass is 9.66. The Balaban J connectivity index is 0.00000126. The summed E-state index contributed by atoms with van der Waals surface area (Å²) in [6.07, 6.45) is 3.84. The molecular weight excluding hydrogens is 435 g/mol. The number of hydrogen-bond donors (Lipinski definition) is 0. The summed E-state index contributed by atoms with van der Waals surface area (Å²) in [4.78, 5) is 0.734. The van der Waals surface area contributed by atoms with E-state index >= 15 is 0 Å². The highest BCUT2D eigenvalue weighted by molar-refractivity contribution is 8.03. The molecule has 3 aliphatic rings. The normalized spacial score (nSPS) is 21.7. The lowest BCUT2D eigenvalue weighted by Crippen LogP contribution is -2.33.